The van der Waals surface area contributed by atoms with Crippen LogP contribution in [-0.4, -0.2) is 26.0 Å². The van der Waals surface area contributed by atoms with E-state index < -0.39 is 11.9 Å². The van der Waals surface area contributed by atoms with Crippen molar-refractivity contribution in [2.24, 2.45) is 7.05 Å². The number of phenolic OH excluding ortho intramolecular Hbond substituents is 1. The summed E-state index contributed by atoms with van der Waals surface area (Å²) in [5, 5.41) is 23.0. The van der Waals surface area contributed by atoms with E-state index in [4.69, 9.17) is 0 Å². The van der Waals surface area contributed by atoms with Gasteiger partial charge < -0.3 is 10.2 Å². The molecule has 0 fully saturated rings. The lowest BCUT2D eigenvalue weighted by Crippen LogP contribution is -2.16. The zero-order valence-corrected chi connectivity index (χ0v) is 9.24. The van der Waals surface area contributed by atoms with Crippen LogP contribution in [0, 0.1) is 0 Å². The minimum atomic E-state index is -1.02. The molecule has 0 saturated carbocycles. The van der Waals surface area contributed by atoms with E-state index in [-0.39, 0.29) is 5.75 Å². The Morgan fingerprint density at radius 3 is 2.59 bits per heavy atom. The maximum Gasteiger partial charge on any atom is 0.317 e. The summed E-state index contributed by atoms with van der Waals surface area (Å²) in [4.78, 5) is 11.4. The van der Waals surface area contributed by atoms with Crippen molar-refractivity contribution >= 4 is 5.97 Å². The first-order valence-corrected chi connectivity index (χ1v) is 5.10. The number of rotatable bonds is 3. The van der Waals surface area contributed by atoms with Crippen LogP contribution in [0.15, 0.2) is 36.5 Å². The predicted octanol–water partition coefficient (Wildman–Crippen LogP) is 1.34. The summed E-state index contributed by atoms with van der Waals surface area (Å²) < 4.78 is 1.49. The second kappa shape index (κ2) is 4.29. The normalized spacial score (nSPS) is 12.3. The highest BCUT2D eigenvalue weighted by Crippen LogP contribution is 2.30. The zero-order valence-electron chi connectivity index (χ0n) is 9.24. The van der Waals surface area contributed by atoms with E-state index in [2.05, 4.69) is 5.10 Å². The first-order valence-electron chi connectivity index (χ1n) is 5.10. The molecule has 0 amide bonds. The third-order valence-electron chi connectivity index (χ3n) is 2.65. The Labute approximate surface area is 97.9 Å². The maximum atomic E-state index is 11.4. The van der Waals surface area contributed by atoms with Crippen molar-refractivity contribution in [2.75, 3.05) is 0 Å². The highest BCUT2D eigenvalue weighted by molar-refractivity contribution is 5.80. The largest absolute Gasteiger partial charge is 0.508 e. The van der Waals surface area contributed by atoms with E-state index in [9.17, 15) is 15.0 Å². The number of phenols is 1. The lowest BCUT2D eigenvalue weighted by atomic mass is 9.95. The molecule has 1 heterocycles. The molecule has 0 aliphatic carbocycles. The summed E-state index contributed by atoms with van der Waals surface area (Å²) in [6.45, 7) is 0. The molecule has 0 bridgehead atoms. The van der Waals surface area contributed by atoms with Gasteiger partial charge in [0.2, 0.25) is 0 Å². The summed E-state index contributed by atoms with van der Waals surface area (Å²) in [6, 6.07) is 8.05. The number of benzene rings is 1. The number of hydrogen-bond acceptors (Lipinski definition) is 3. The van der Waals surface area contributed by atoms with Gasteiger partial charge in [-0.05, 0) is 12.1 Å². The Bertz CT molecular complexity index is 548. The lowest BCUT2D eigenvalue weighted by Gasteiger charge is -2.14. The Hall–Kier alpha value is -2.30. The molecule has 1 unspecified atom stereocenters. The SMILES string of the molecule is Cn1nccc1C(C(=O)O)c1ccccc1O. The van der Waals surface area contributed by atoms with Gasteiger partial charge in [0.25, 0.3) is 0 Å². The number of aryl methyl sites for hydroxylation is 1. The van der Waals surface area contributed by atoms with Crippen LogP contribution < -0.4 is 0 Å². The second-order valence-corrected chi connectivity index (χ2v) is 3.71. The van der Waals surface area contributed by atoms with Crippen LogP contribution in [-0.2, 0) is 11.8 Å². The Balaban J connectivity index is 2.55. The van der Waals surface area contributed by atoms with Crippen molar-refractivity contribution in [3.05, 3.63) is 47.8 Å². The number of carbonyl (C=O) groups is 1. The number of aromatic nitrogens is 2. The Morgan fingerprint density at radius 2 is 2.06 bits per heavy atom. The van der Waals surface area contributed by atoms with Gasteiger partial charge in [-0.1, -0.05) is 18.2 Å². The number of nitrogens with zero attached hydrogens (tertiary/aromatic N) is 2. The van der Waals surface area contributed by atoms with Crippen LogP contribution in [0.1, 0.15) is 17.2 Å². The van der Waals surface area contributed by atoms with Gasteiger partial charge in [0.15, 0.2) is 0 Å². The molecule has 0 spiro atoms. The van der Waals surface area contributed by atoms with E-state index in [1.165, 1.54) is 16.9 Å². The average molecular weight is 232 g/mol. The average Bonchev–Trinajstić information content (AvgIpc) is 2.68. The fourth-order valence-electron chi connectivity index (χ4n) is 1.82. The van der Waals surface area contributed by atoms with E-state index >= 15 is 0 Å². The standard InChI is InChI=1S/C12H12N2O3/c1-14-9(6-7-13-14)11(12(16)17)8-4-2-3-5-10(8)15/h2-7,11,15H,1H3,(H,16,17). The van der Waals surface area contributed by atoms with Crippen molar-refractivity contribution < 1.29 is 15.0 Å². The summed E-state index contributed by atoms with van der Waals surface area (Å²) >= 11 is 0. The van der Waals surface area contributed by atoms with Gasteiger partial charge in [-0.25, -0.2) is 0 Å². The van der Waals surface area contributed by atoms with Crippen molar-refractivity contribution in [1.82, 2.24) is 9.78 Å². The third-order valence-corrected chi connectivity index (χ3v) is 2.65. The van der Waals surface area contributed by atoms with Gasteiger partial charge in [-0.3, -0.25) is 9.48 Å². The number of carboxylic acid groups (broad SMARTS) is 1. The minimum absolute atomic E-state index is 0.0268. The van der Waals surface area contributed by atoms with Crippen molar-refractivity contribution in [3.63, 3.8) is 0 Å². The second-order valence-electron chi connectivity index (χ2n) is 3.71. The van der Waals surface area contributed by atoms with Gasteiger partial charge in [0.05, 0.1) is 5.69 Å². The molecule has 1 aromatic heterocycles. The first-order chi connectivity index (χ1) is 8.11. The Kier molecular flexibility index (Phi) is 2.82. The maximum absolute atomic E-state index is 11.4. The van der Waals surface area contributed by atoms with Gasteiger partial charge >= 0.3 is 5.97 Å². The molecule has 5 heteroatoms. The van der Waals surface area contributed by atoms with Gasteiger partial charge in [-0.15, -0.1) is 0 Å². The quantitative estimate of drug-likeness (QED) is 0.837. The molecule has 88 valence electrons. The molecule has 2 rings (SSSR count). The molecular formula is C12H12N2O3. The number of aromatic hydroxyl groups is 1. The van der Waals surface area contributed by atoms with E-state index in [1.54, 1.807) is 31.3 Å². The van der Waals surface area contributed by atoms with Crippen molar-refractivity contribution in [1.29, 1.82) is 0 Å². The molecule has 2 N–H and O–H groups in total. The zero-order chi connectivity index (χ0) is 12.4. The molecule has 0 aliphatic heterocycles. The lowest BCUT2D eigenvalue weighted by molar-refractivity contribution is -0.137. The molecule has 0 radical (unpaired) electrons. The summed E-state index contributed by atoms with van der Waals surface area (Å²) in [5.41, 5.74) is 0.891. The predicted molar refractivity (Wildman–Crippen MR) is 60.8 cm³/mol. The number of carboxylic acids is 1. The van der Waals surface area contributed by atoms with E-state index in [0.717, 1.165) is 0 Å². The summed E-state index contributed by atoms with van der Waals surface area (Å²) in [5.74, 6) is -1.96. The minimum Gasteiger partial charge on any atom is -0.508 e. The Morgan fingerprint density at radius 1 is 1.35 bits per heavy atom. The molecule has 5 nitrogen and oxygen atoms in total. The molecular weight excluding hydrogens is 220 g/mol. The first kappa shape index (κ1) is 11.2. The smallest absolute Gasteiger partial charge is 0.317 e. The highest BCUT2D eigenvalue weighted by atomic mass is 16.4. The number of para-hydroxylation sites is 1. The van der Waals surface area contributed by atoms with Crippen LogP contribution in [0.25, 0.3) is 0 Å². The molecule has 17 heavy (non-hydrogen) atoms. The van der Waals surface area contributed by atoms with Crippen LogP contribution in [0.2, 0.25) is 0 Å². The summed E-state index contributed by atoms with van der Waals surface area (Å²) in [7, 11) is 1.67. The fraction of sp³-hybridized carbons (Fsp3) is 0.167. The fourth-order valence-corrected chi connectivity index (χ4v) is 1.82. The van der Waals surface area contributed by atoms with Crippen LogP contribution in [0.5, 0.6) is 5.75 Å². The van der Waals surface area contributed by atoms with Crippen LogP contribution in [0.4, 0.5) is 0 Å². The molecule has 1 aromatic carbocycles. The van der Waals surface area contributed by atoms with Crippen LogP contribution in [0.3, 0.4) is 0 Å². The number of aliphatic carboxylic acids is 1. The van der Waals surface area contributed by atoms with Crippen molar-refractivity contribution in [2.45, 2.75) is 5.92 Å². The van der Waals surface area contributed by atoms with Crippen molar-refractivity contribution in [3.8, 4) is 5.75 Å². The van der Waals surface area contributed by atoms with E-state index in [0.29, 0.717) is 11.3 Å². The van der Waals surface area contributed by atoms with Gasteiger partial charge in [-0.2, -0.15) is 5.10 Å². The summed E-state index contributed by atoms with van der Waals surface area (Å²) in [6.07, 6.45) is 1.53. The molecule has 0 aliphatic rings. The monoisotopic (exact) mass is 232 g/mol. The highest BCUT2D eigenvalue weighted by Gasteiger charge is 2.27. The van der Waals surface area contributed by atoms with Gasteiger partial charge in [0, 0.05) is 18.8 Å². The van der Waals surface area contributed by atoms with E-state index in [1.807, 2.05) is 0 Å². The van der Waals surface area contributed by atoms with Gasteiger partial charge in [0.1, 0.15) is 11.7 Å². The van der Waals surface area contributed by atoms with Crippen LogP contribution >= 0.6 is 0 Å². The third kappa shape index (κ3) is 1.99. The molecule has 2 aromatic rings. The molecule has 1 atom stereocenters. The number of hydrogen-bond donors (Lipinski definition) is 2. The molecule has 0 saturated heterocycles. The topological polar surface area (TPSA) is 75.4 Å².